The SMILES string of the molecule is CCN(CC)c1ccc(N)cc1.Nc1ccc([N+](=O)[O-])cc1. The molecule has 2 aromatic rings. The summed E-state index contributed by atoms with van der Waals surface area (Å²) in [4.78, 5) is 11.9. The molecule has 0 saturated carbocycles. The van der Waals surface area contributed by atoms with Crippen LogP contribution in [0, 0.1) is 10.1 Å². The number of nitrogen functional groups attached to an aromatic ring is 2. The summed E-state index contributed by atoms with van der Waals surface area (Å²) in [7, 11) is 0. The van der Waals surface area contributed by atoms with Crippen LogP contribution in [-0.4, -0.2) is 18.0 Å². The highest BCUT2D eigenvalue weighted by Gasteiger charge is 2.01. The predicted molar refractivity (Wildman–Crippen MR) is 91.9 cm³/mol. The van der Waals surface area contributed by atoms with Crippen LogP contribution < -0.4 is 16.4 Å². The van der Waals surface area contributed by atoms with Gasteiger partial charge in [-0.2, -0.15) is 0 Å². The number of nitrogens with zero attached hydrogens (tertiary/aromatic N) is 2. The molecular weight excluding hydrogens is 280 g/mol. The maximum atomic E-state index is 10.1. The number of hydrogen-bond acceptors (Lipinski definition) is 5. The lowest BCUT2D eigenvalue weighted by atomic mass is 10.2. The molecule has 0 aliphatic heterocycles. The zero-order chi connectivity index (χ0) is 16.5. The van der Waals surface area contributed by atoms with Gasteiger partial charge in [-0.15, -0.1) is 0 Å². The molecular formula is C16H22N4O2. The van der Waals surface area contributed by atoms with Gasteiger partial charge in [-0.05, 0) is 50.2 Å². The number of nitro benzene ring substituents is 1. The van der Waals surface area contributed by atoms with E-state index in [9.17, 15) is 10.1 Å². The van der Waals surface area contributed by atoms with Crippen molar-refractivity contribution in [3.63, 3.8) is 0 Å². The molecule has 0 radical (unpaired) electrons. The minimum atomic E-state index is -0.459. The van der Waals surface area contributed by atoms with Gasteiger partial charge >= 0.3 is 0 Å². The van der Waals surface area contributed by atoms with Crippen molar-refractivity contribution in [3.8, 4) is 0 Å². The number of nitrogens with two attached hydrogens (primary N) is 2. The van der Waals surface area contributed by atoms with Gasteiger partial charge in [0.05, 0.1) is 4.92 Å². The molecule has 0 unspecified atom stereocenters. The molecule has 6 heteroatoms. The summed E-state index contributed by atoms with van der Waals surface area (Å²) in [5, 5.41) is 10.1. The normalized spacial score (nSPS) is 9.55. The molecule has 2 aromatic carbocycles. The van der Waals surface area contributed by atoms with E-state index in [1.54, 1.807) is 0 Å². The molecule has 118 valence electrons. The Morgan fingerprint density at radius 1 is 0.909 bits per heavy atom. The van der Waals surface area contributed by atoms with E-state index in [2.05, 4.69) is 30.9 Å². The molecule has 22 heavy (non-hydrogen) atoms. The minimum absolute atomic E-state index is 0.0641. The summed E-state index contributed by atoms with van der Waals surface area (Å²) in [5.74, 6) is 0. The second-order valence-corrected chi connectivity index (χ2v) is 4.61. The summed E-state index contributed by atoms with van der Waals surface area (Å²) in [6, 6.07) is 13.7. The van der Waals surface area contributed by atoms with Crippen LogP contribution in [0.5, 0.6) is 0 Å². The van der Waals surface area contributed by atoms with Crippen molar-refractivity contribution < 1.29 is 4.92 Å². The summed E-state index contributed by atoms with van der Waals surface area (Å²) in [6.07, 6.45) is 0. The number of rotatable bonds is 4. The van der Waals surface area contributed by atoms with E-state index >= 15 is 0 Å². The molecule has 0 heterocycles. The number of hydrogen-bond donors (Lipinski definition) is 2. The molecule has 0 aliphatic rings. The summed E-state index contributed by atoms with van der Waals surface area (Å²) >= 11 is 0. The Morgan fingerprint density at radius 3 is 1.68 bits per heavy atom. The third-order valence-electron chi connectivity index (χ3n) is 3.13. The third-order valence-corrected chi connectivity index (χ3v) is 3.13. The lowest BCUT2D eigenvalue weighted by molar-refractivity contribution is -0.384. The highest BCUT2D eigenvalue weighted by atomic mass is 16.6. The van der Waals surface area contributed by atoms with Gasteiger partial charge in [0.1, 0.15) is 0 Å². The Balaban J connectivity index is 0.000000224. The lowest BCUT2D eigenvalue weighted by Crippen LogP contribution is -2.21. The summed E-state index contributed by atoms with van der Waals surface area (Å²) in [5.41, 5.74) is 13.6. The van der Waals surface area contributed by atoms with E-state index in [0.717, 1.165) is 18.8 Å². The molecule has 0 atom stereocenters. The Bertz CT molecular complexity index is 578. The summed E-state index contributed by atoms with van der Waals surface area (Å²) in [6.45, 7) is 6.39. The number of non-ortho nitro benzene ring substituents is 1. The van der Waals surface area contributed by atoms with E-state index in [1.807, 2.05) is 12.1 Å². The minimum Gasteiger partial charge on any atom is -0.399 e. The van der Waals surface area contributed by atoms with Crippen LogP contribution in [0.15, 0.2) is 48.5 Å². The smallest absolute Gasteiger partial charge is 0.269 e. The van der Waals surface area contributed by atoms with Crippen LogP contribution in [-0.2, 0) is 0 Å². The van der Waals surface area contributed by atoms with Crippen molar-refractivity contribution in [2.24, 2.45) is 0 Å². The zero-order valence-electron chi connectivity index (χ0n) is 12.9. The Labute approximate surface area is 130 Å². The Hall–Kier alpha value is -2.76. The molecule has 0 aromatic heterocycles. The van der Waals surface area contributed by atoms with Crippen LogP contribution in [0.3, 0.4) is 0 Å². The third kappa shape index (κ3) is 5.32. The number of anilines is 3. The second kappa shape index (κ2) is 8.51. The molecule has 6 nitrogen and oxygen atoms in total. The van der Waals surface area contributed by atoms with Crippen molar-refractivity contribution in [1.82, 2.24) is 0 Å². The van der Waals surface area contributed by atoms with Crippen LogP contribution >= 0.6 is 0 Å². The van der Waals surface area contributed by atoms with E-state index in [1.165, 1.54) is 30.0 Å². The van der Waals surface area contributed by atoms with E-state index in [4.69, 9.17) is 11.5 Å². The molecule has 0 bridgehead atoms. The molecule has 4 N–H and O–H groups in total. The van der Waals surface area contributed by atoms with Gasteiger partial charge in [-0.25, -0.2) is 0 Å². The van der Waals surface area contributed by atoms with E-state index < -0.39 is 4.92 Å². The first kappa shape index (κ1) is 17.3. The molecule has 0 saturated heterocycles. The Morgan fingerprint density at radius 2 is 1.32 bits per heavy atom. The summed E-state index contributed by atoms with van der Waals surface area (Å²) < 4.78 is 0. The fourth-order valence-corrected chi connectivity index (χ4v) is 1.87. The second-order valence-electron chi connectivity index (χ2n) is 4.61. The lowest BCUT2D eigenvalue weighted by Gasteiger charge is -2.20. The molecule has 0 amide bonds. The van der Waals surface area contributed by atoms with Gasteiger partial charge in [0.15, 0.2) is 0 Å². The first-order valence-electron chi connectivity index (χ1n) is 7.08. The van der Waals surface area contributed by atoms with Gasteiger partial charge in [-0.3, -0.25) is 10.1 Å². The fraction of sp³-hybridized carbons (Fsp3) is 0.250. The molecule has 0 spiro atoms. The van der Waals surface area contributed by atoms with Crippen LogP contribution in [0.25, 0.3) is 0 Å². The average molecular weight is 302 g/mol. The van der Waals surface area contributed by atoms with Crippen LogP contribution in [0.4, 0.5) is 22.7 Å². The number of nitro groups is 1. The highest BCUT2D eigenvalue weighted by molar-refractivity contribution is 5.52. The maximum Gasteiger partial charge on any atom is 0.269 e. The standard InChI is InChI=1S/C10H16N2.C6H6N2O2/c1-3-12(4-2)10-7-5-9(11)6-8-10;7-5-1-3-6(4-2-5)8(9)10/h5-8H,3-4,11H2,1-2H3;1-4H,7H2. The molecule has 0 fully saturated rings. The maximum absolute atomic E-state index is 10.1. The van der Waals surface area contributed by atoms with Gasteiger partial charge in [0.2, 0.25) is 0 Å². The first-order chi connectivity index (χ1) is 10.5. The highest BCUT2D eigenvalue weighted by Crippen LogP contribution is 2.15. The van der Waals surface area contributed by atoms with Crippen molar-refractivity contribution >= 4 is 22.7 Å². The van der Waals surface area contributed by atoms with Gasteiger partial charge in [0, 0.05) is 42.3 Å². The molecule has 0 aliphatic carbocycles. The molecule has 2 rings (SSSR count). The van der Waals surface area contributed by atoms with Gasteiger partial charge < -0.3 is 16.4 Å². The van der Waals surface area contributed by atoms with E-state index in [-0.39, 0.29) is 5.69 Å². The monoisotopic (exact) mass is 302 g/mol. The van der Waals surface area contributed by atoms with Crippen molar-refractivity contribution in [3.05, 3.63) is 58.6 Å². The van der Waals surface area contributed by atoms with E-state index in [0.29, 0.717) is 5.69 Å². The predicted octanol–water partition coefficient (Wildman–Crippen LogP) is 3.29. The van der Waals surface area contributed by atoms with Crippen LogP contribution in [0.1, 0.15) is 13.8 Å². The van der Waals surface area contributed by atoms with Crippen molar-refractivity contribution in [2.45, 2.75) is 13.8 Å². The topological polar surface area (TPSA) is 98.4 Å². The quantitative estimate of drug-likeness (QED) is 0.513. The van der Waals surface area contributed by atoms with Gasteiger partial charge in [-0.1, -0.05) is 0 Å². The van der Waals surface area contributed by atoms with Crippen molar-refractivity contribution in [2.75, 3.05) is 29.5 Å². The Kier molecular flexibility index (Phi) is 6.69. The first-order valence-corrected chi connectivity index (χ1v) is 7.08. The van der Waals surface area contributed by atoms with Crippen molar-refractivity contribution in [1.29, 1.82) is 0 Å². The largest absolute Gasteiger partial charge is 0.399 e. The number of benzene rings is 2. The van der Waals surface area contributed by atoms with Crippen LogP contribution in [0.2, 0.25) is 0 Å². The van der Waals surface area contributed by atoms with Gasteiger partial charge in [0.25, 0.3) is 5.69 Å². The average Bonchev–Trinajstić information content (AvgIpc) is 2.51. The fourth-order valence-electron chi connectivity index (χ4n) is 1.87. The zero-order valence-corrected chi connectivity index (χ0v) is 12.9.